The number of para-hydroxylation sites is 1. The predicted molar refractivity (Wildman–Crippen MR) is 59.8 cm³/mol. The van der Waals surface area contributed by atoms with Crippen LogP contribution in [0.5, 0.6) is 5.75 Å². The lowest BCUT2D eigenvalue weighted by molar-refractivity contribution is 0.404. The van der Waals surface area contributed by atoms with E-state index in [9.17, 15) is 0 Å². The Morgan fingerprint density at radius 2 is 2.23 bits per heavy atom. The number of thiol groups is 1. The van der Waals surface area contributed by atoms with E-state index < -0.39 is 6.54 Å². The Labute approximate surface area is 83.2 Å². The summed E-state index contributed by atoms with van der Waals surface area (Å²) in [6.45, 7) is -2.01. The smallest absolute Gasteiger partial charge is 0.224 e. The first-order chi connectivity index (χ1) is 6.23. The van der Waals surface area contributed by atoms with Crippen molar-refractivity contribution in [1.82, 2.24) is 0 Å². The fourth-order valence-corrected chi connectivity index (χ4v) is 2.96. The molecule has 1 atom stereocenters. The quantitative estimate of drug-likeness (QED) is 0.572. The van der Waals surface area contributed by atoms with Crippen molar-refractivity contribution >= 4 is 24.6 Å². The average molecular weight is 214 g/mol. The van der Waals surface area contributed by atoms with Gasteiger partial charge in [-0.1, -0.05) is 30.4 Å². The molecule has 2 rings (SSSR count). The predicted octanol–water partition coefficient (Wildman–Crippen LogP) is 2.76. The molecule has 4 heteroatoms. The van der Waals surface area contributed by atoms with Gasteiger partial charge in [0.2, 0.25) is 6.54 Å². The van der Waals surface area contributed by atoms with Gasteiger partial charge in [-0.15, -0.1) is 0 Å². The van der Waals surface area contributed by atoms with Crippen LogP contribution in [0.25, 0.3) is 0 Å². The molecule has 0 fully saturated rings. The first-order valence-corrected chi connectivity index (χ1v) is 6.87. The van der Waals surface area contributed by atoms with Crippen molar-refractivity contribution in [2.45, 2.75) is 6.42 Å². The number of benzene rings is 1. The number of rotatable bonds is 1. The lowest BCUT2D eigenvalue weighted by atomic mass is 10.1. The van der Waals surface area contributed by atoms with E-state index in [4.69, 9.17) is 9.05 Å². The van der Waals surface area contributed by atoms with Crippen LogP contribution in [0.15, 0.2) is 24.3 Å². The van der Waals surface area contributed by atoms with Crippen LogP contribution < -0.4 is 4.52 Å². The van der Waals surface area contributed by atoms with E-state index in [0.717, 1.165) is 12.2 Å². The summed E-state index contributed by atoms with van der Waals surface area (Å²) in [4.78, 5) is 0. The summed E-state index contributed by atoms with van der Waals surface area (Å²) in [6, 6.07) is 7.97. The molecule has 1 unspecified atom stereocenters. The minimum Gasteiger partial charge on any atom is -0.444 e. The normalized spacial score (nSPS) is 25.7. The monoisotopic (exact) mass is 214 g/mol. The zero-order valence-electron chi connectivity index (χ0n) is 7.30. The number of fused-ring (bicyclic) bond motifs is 1. The van der Waals surface area contributed by atoms with Gasteiger partial charge < -0.3 is 9.05 Å². The minimum atomic E-state index is -2.01. The van der Waals surface area contributed by atoms with Crippen LogP contribution in [-0.2, 0) is 10.9 Å². The fraction of sp³-hybridized carbons (Fsp3) is 0.222. The van der Waals surface area contributed by atoms with Crippen molar-refractivity contribution in [2.24, 2.45) is 0 Å². The maximum Gasteiger partial charge on any atom is 0.224 e. The molecule has 0 amide bonds. The van der Waals surface area contributed by atoms with Gasteiger partial charge in [0.15, 0.2) is 0 Å². The highest BCUT2D eigenvalue weighted by molar-refractivity contribution is 8.48. The van der Waals surface area contributed by atoms with Gasteiger partial charge >= 0.3 is 0 Å². The van der Waals surface area contributed by atoms with Crippen LogP contribution in [0.2, 0.25) is 0 Å². The first-order valence-electron chi connectivity index (χ1n) is 4.02. The van der Waals surface area contributed by atoms with Gasteiger partial charge in [-0.25, -0.2) is 0 Å². The van der Waals surface area contributed by atoms with Gasteiger partial charge in [-0.2, -0.15) is 0 Å². The molecular weight excluding hydrogens is 203 g/mol. The highest BCUT2D eigenvalue weighted by atomic mass is 32.7. The topological polar surface area (TPSA) is 18.5 Å². The molecule has 1 aromatic carbocycles. The third-order valence-corrected chi connectivity index (χ3v) is 4.86. The van der Waals surface area contributed by atoms with Gasteiger partial charge in [0.25, 0.3) is 0 Å². The molecule has 0 spiro atoms. The number of hydrogen-bond donors (Lipinski definition) is 1. The second-order valence-electron chi connectivity index (χ2n) is 2.83. The Kier molecular flexibility index (Phi) is 2.41. The average Bonchev–Trinajstić information content (AvgIpc) is 2.18. The highest BCUT2D eigenvalue weighted by Gasteiger charge is 2.19. The van der Waals surface area contributed by atoms with E-state index in [2.05, 4.69) is 18.3 Å². The summed E-state index contributed by atoms with van der Waals surface area (Å²) >= 11 is 4.39. The molecule has 0 saturated heterocycles. The van der Waals surface area contributed by atoms with E-state index in [-0.39, 0.29) is 0 Å². The first kappa shape index (κ1) is 9.20. The molecule has 0 aliphatic carbocycles. The summed E-state index contributed by atoms with van der Waals surface area (Å²) < 4.78 is 10.9. The molecule has 0 aromatic heterocycles. The molecule has 13 heavy (non-hydrogen) atoms. The van der Waals surface area contributed by atoms with E-state index in [1.54, 1.807) is 7.11 Å². The third kappa shape index (κ3) is 1.78. The van der Waals surface area contributed by atoms with Gasteiger partial charge in [0.1, 0.15) is 5.75 Å². The van der Waals surface area contributed by atoms with Crippen LogP contribution in [0, 0.1) is 0 Å². The second kappa shape index (κ2) is 3.41. The minimum absolute atomic E-state index is 0.876. The fourth-order valence-electron chi connectivity index (χ4n) is 1.27. The van der Waals surface area contributed by atoms with E-state index in [1.807, 2.05) is 24.0 Å². The van der Waals surface area contributed by atoms with Crippen molar-refractivity contribution < 1.29 is 9.05 Å². The van der Waals surface area contributed by atoms with Crippen LogP contribution in [0.1, 0.15) is 5.56 Å². The molecule has 1 heterocycles. The van der Waals surface area contributed by atoms with Gasteiger partial charge in [0.05, 0.1) is 0 Å². The Hall–Kier alpha value is -0.370. The van der Waals surface area contributed by atoms with Crippen LogP contribution >= 0.6 is 18.8 Å². The molecule has 0 saturated carbocycles. The Morgan fingerprint density at radius 1 is 1.46 bits per heavy atom. The largest absolute Gasteiger partial charge is 0.444 e. The molecule has 2 nitrogen and oxygen atoms in total. The summed E-state index contributed by atoms with van der Waals surface area (Å²) in [5.74, 6) is 2.91. The van der Waals surface area contributed by atoms with Crippen LogP contribution in [0.4, 0.5) is 0 Å². The second-order valence-corrected chi connectivity index (χ2v) is 6.55. The molecule has 1 aliphatic rings. The zero-order chi connectivity index (χ0) is 9.31. The molecule has 0 bridgehead atoms. The van der Waals surface area contributed by atoms with Gasteiger partial charge in [-0.3, -0.25) is 0 Å². The van der Waals surface area contributed by atoms with Crippen molar-refractivity contribution in [2.75, 3.05) is 7.11 Å². The van der Waals surface area contributed by atoms with Crippen LogP contribution in [-0.4, -0.2) is 12.9 Å². The summed E-state index contributed by atoms with van der Waals surface area (Å²) in [5, 5.41) is 0. The van der Waals surface area contributed by atoms with Crippen LogP contribution in [0.3, 0.4) is 0 Å². The maximum atomic E-state index is 5.67. The standard InChI is InChI=1S/C9H11O2PS/c1-10-12(13)7-6-8-4-2-3-5-9(8)11-12/h2-5,7,13H,6H2,1H3. The molecular formula is C9H11O2PS. The van der Waals surface area contributed by atoms with Crippen molar-refractivity contribution in [3.8, 4) is 5.75 Å². The Morgan fingerprint density at radius 3 is 3.00 bits per heavy atom. The van der Waals surface area contributed by atoms with Gasteiger partial charge in [0, 0.05) is 13.5 Å². The number of hydrogen-bond acceptors (Lipinski definition) is 3. The molecule has 1 aromatic rings. The van der Waals surface area contributed by atoms with E-state index >= 15 is 0 Å². The molecule has 70 valence electrons. The Balaban J connectivity index is 2.38. The Bertz CT molecular complexity index is 376. The summed E-state index contributed by atoms with van der Waals surface area (Å²) in [6.07, 6.45) is 0.876. The lowest BCUT2D eigenvalue weighted by Gasteiger charge is -2.25. The summed E-state index contributed by atoms with van der Waals surface area (Å²) in [5.41, 5.74) is 1.20. The molecule has 0 radical (unpaired) electrons. The third-order valence-electron chi connectivity index (χ3n) is 2.01. The zero-order valence-corrected chi connectivity index (χ0v) is 9.09. The highest BCUT2D eigenvalue weighted by Crippen LogP contribution is 2.55. The van der Waals surface area contributed by atoms with E-state index in [0.29, 0.717) is 0 Å². The van der Waals surface area contributed by atoms with Crippen molar-refractivity contribution in [3.63, 3.8) is 0 Å². The summed E-state index contributed by atoms with van der Waals surface area (Å²) in [7, 11) is 1.63. The van der Waals surface area contributed by atoms with Crippen molar-refractivity contribution in [1.29, 1.82) is 0 Å². The molecule has 1 aliphatic heterocycles. The maximum absolute atomic E-state index is 5.67. The van der Waals surface area contributed by atoms with Crippen molar-refractivity contribution in [3.05, 3.63) is 29.8 Å². The molecule has 0 N–H and O–H groups in total. The SMILES string of the molecule is COP1(S)=CCc2ccccc2O1. The van der Waals surface area contributed by atoms with E-state index in [1.165, 1.54) is 5.56 Å². The van der Waals surface area contributed by atoms with Gasteiger partial charge in [-0.05, 0) is 17.4 Å². The lowest BCUT2D eigenvalue weighted by Crippen LogP contribution is -2.03.